The van der Waals surface area contributed by atoms with Crippen LogP contribution in [0.4, 0.5) is 10.1 Å². The molecule has 0 radical (unpaired) electrons. The fourth-order valence-corrected chi connectivity index (χ4v) is 4.96. The Morgan fingerprint density at radius 3 is 2.13 bits per heavy atom. The fourth-order valence-electron chi connectivity index (χ4n) is 4.96. The van der Waals surface area contributed by atoms with E-state index in [0.29, 0.717) is 27.9 Å². The fraction of sp³-hybridized carbons (Fsp3) is 0.135. The van der Waals surface area contributed by atoms with Crippen LogP contribution >= 0.6 is 0 Å². The van der Waals surface area contributed by atoms with Crippen molar-refractivity contribution in [2.45, 2.75) is 13.8 Å². The van der Waals surface area contributed by atoms with E-state index >= 15 is 0 Å². The van der Waals surface area contributed by atoms with Crippen LogP contribution in [0, 0.1) is 5.82 Å². The van der Waals surface area contributed by atoms with Crippen molar-refractivity contribution in [2.75, 3.05) is 26.0 Å². The zero-order valence-electron chi connectivity index (χ0n) is 26.1. The van der Waals surface area contributed by atoms with Gasteiger partial charge in [-0.1, -0.05) is 56.3 Å². The summed E-state index contributed by atoms with van der Waals surface area (Å²) in [4.78, 5) is 36.0. The zero-order valence-corrected chi connectivity index (χ0v) is 26.1. The number of para-hydroxylation sites is 1. The van der Waals surface area contributed by atoms with Gasteiger partial charge in [-0.3, -0.25) is 4.79 Å². The van der Waals surface area contributed by atoms with Crippen molar-refractivity contribution in [3.63, 3.8) is 0 Å². The van der Waals surface area contributed by atoms with Gasteiger partial charge in [-0.2, -0.15) is 0 Å². The van der Waals surface area contributed by atoms with E-state index < -0.39 is 0 Å². The average Bonchev–Trinajstić information content (AvgIpc) is 3.48. The van der Waals surface area contributed by atoms with E-state index in [9.17, 15) is 9.18 Å². The summed E-state index contributed by atoms with van der Waals surface area (Å²) in [6.45, 7) is 8.00. The number of rotatable bonds is 5. The Labute approximate surface area is 262 Å². The van der Waals surface area contributed by atoms with Crippen LogP contribution in [0.15, 0.2) is 101 Å². The molecule has 230 valence electrons. The standard InChI is InChI=1S/C33H26FN3O2.C2H6.2CH2O/c1-35-33(38)31-26-18-25(29(37(2)3)19-30(26)39-32(31)21-11-14-24(34)15-12-21)22-8-6-9-23(17-22)28-16-13-20-7-4-5-10-27(20)36-28;3*1-2/h4-19H,1-3H3,(H,35,38);1-2H3;2*1H2. The van der Waals surface area contributed by atoms with Gasteiger partial charge >= 0.3 is 0 Å². The number of hydrogen-bond donors (Lipinski definition) is 1. The number of amides is 1. The summed E-state index contributed by atoms with van der Waals surface area (Å²) < 4.78 is 19.9. The molecule has 2 heterocycles. The SMILES string of the molecule is C=O.C=O.CC.CNC(=O)c1c(-c2ccc(F)cc2)oc2cc(N(C)C)c(-c3cccc(-c4ccc5ccccc5n4)c3)cc12. The summed E-state index contributed by atoms with van der Waals surface area (Å²) in [7, 11) is 5.54. The van der Waals surface area contributed by atoms with Gasteiger partial charge in [-0.15, -0.1) is 0 Å². The minimum atomic E-state index is -0.352. The van der Waals surface area contributed by atoms with Crippen LogP contribution in [0.25, 0.3) is 55.6 Å². The third-order valence-corrected chi connectivity index (χ3v) is 6.92. The number of anilines is 1. The molecule has 2 aromatic heterocycles. The number of benzene rings is 4. The Morgan fingerprint density at radius 1 is 0.800 bits per heavy atom. The molecule has 4 aromatic carbocycles. The molecule has 7 nitrogen and oxygen atoms in total. The maximum absolute atomic E-state index is 13.6. The number of halogens is 1. The highest BCUT2D eigenvalue weighted by Crippen LogP contribution is 2.41. The quantitative estimate of drug-likeness (QED) is 0.213. The second-order valence-electron chi connectivity index (χ2n) is 9.62. The Morgan fingerprint density at radius 2 is 1.47 bits per heavy atom. The molecule has 1 N–H and O–H groups in total. The van der Waals surface area contributed by atoms with Crippen LogP contribution in [0.5, 0.6) is 0 Å². The van der Waals surface area contributed by atoms with Crippen LogP contribution in [-0.4, -0.2) is 45.6 Å². The molecular weight excluding hydrogens is 569 g/mol. The predicted octanol–water partition coefficient (Wildman–Crippen LogP) is 8.20. The number of fused-ring (bicyclic) bond motifs is 2. The van der Waals surface area contributed by atoms with Gasteiger partial charge in [0.25, 0.3) is 5.91 Å². The highest BCUT2D eigenvalue weighted by molar-refractivity contribution is 6.13. The lowest BCUT2D eigenvalue weighted by Gasteiger charge is -2.18. The molecule has 0 saturated carbocycles. The molecule has 0 bridgehead atoms. The number of pyridine rings is 1. The lowest BCUT2D eigenvalue weighted by molar-refractivity contribution is -0.0987. The number of furan rings is 1. The largest absolute Gasteiger partial charge is 0.455 e. The summed E-state index contributed by atoms with van der Waals surface area (Å²) in [6, 6.07) is 30.3. The first kappa shape index (κ1) is 33.9. The van der Waals surface area contributed by atoms with E-state index in [2.05, 4.69) is 35.6 Å². The molecule has 45 heavy (non-hydrogen) atoms. The number of carbonyl (C=O) groups is 3. The van der Waals surface area contributed by atoms with Crippen molar-refractivity contribution in [1.29, 1.82) is 0 Å². The second-order valence-corrected chi connectivity index (χ2v) is 9.62. The van der Waals surface area contributed by atoms with Crippen molar-refractivity contribution < 1.29 is 23.2 Å². The number of nitrogens with zero attached hydrogens (tertiary/aromatic N) is 2. The Hall–Kier alpha value is -5.63. The minimum absolute atomic E-state index is 0.272. The topological polar surface area (TPSA) is 92.5 Å². The maximum atomic E-state index is 13.6. The van der Waals surface area contributed by atoms with Crippen LogP contribution in [0.1, 0.15) is 24.2 Å². The van der Waals surface area contributed by atoms with E-state index in [4.69, 9.17) is 19.0 Å². The van der Waals surface area contributed by atoms with Crippen molar-refractivity contribution in [3.8, 4) is 33.7 Å². The minimum Gasteiger partial charge on any atom is -0.455 e. The average molecular weight is 606 g/mol. The highest BCUT2D eigenvalue weighted by Gasteiger charge is 2.24. The molecule has 0 atom stereocenters. The molecule has 6 aromatic rings. The number of hydrogen-bond acceptors (Lipinski definition) is 6. The summed E-state index contributed by atoms with van der Waals surface area (Å²) in [5.41, 5.74) is 7.32. The summed E-state index contributed by atoms with van der Waals surface area (Å²) >= 11 is 0. The molecule has 0 aliphatic rings. The third-order valence-electron chi connectivity index (χ3n) is 6.92. The smallest absolute Gasteiger partial charge is 0.255 e. The van der Waals surface area contributed by atoms with Gasteiger partial charge in [0, 0.05) is 60.4 Å². The van der Waals surface area contributed by atoms with Gasteiger partial charge in [-0.05, 0) is 54.1 Å². The highest BCUT2D eigenvalue weighted by atomic mass is 19.1. The molecule has 0 saturated heterocycles. The maximum Gasteiger partial charge on any atom is 0.255 e. The summed E-state index contributed by atoms with van der Waals surface area (Å²) in [6.07, 6.45) is 0. The number of aromatic nitrogens is 1. The van der Waals surface area contributed by atoms with E-state index in [0.717, 1.165) is 39.0 Å². The first-order valence-electron chi connectivity index (χ1n) is 14.2. The molecule has 0 aliphatic carbocycles. The Bertz CT molecular complexity index is 1900. The number of nitrogens with one attached hydrogen (secondary N) is 1. The molecule has 8 heteroatoms. The zero-order chi connectivity index (χ0) is 33.1. The normalized spacial score (nSPS) is 10.0. The van der Waals surface area contributed by atoms with Gasteiger partial charge in [0.1, 0.15) is 30.7 Å². The molecular formula is C37H36FN3O4. The summed E-state index contributed by atoms with van der Waals surface area (Å²) in [5.74, 6) is -0.222. The molecule has 0 spiro atoms. The second kappa shape index (κ2) is 15.7. The predicted molar refractivity (Wildman–Crippen MR) is 181 cm³/mol. The first-order chi connectivity index (χ1) is 21.9. The Balaban J connectivity index is 0.000000870. The van der Waals surface area contributed by atoms with Crippen molar-refractivity contribution in [2.24, 2.45) is 0 Å². The molecule has 6 rings (SSSR count). The summed E-state index contributed by atoms with van der Waals surface area (Å²) in [5, 5.41) is 4.51. The number of carbonyl (C=O) groups excluding carboxylic acids is 3. The van der Waals surface area contributed by atoms with Gasteiger partial charge in [0.2, 0.25) is 0 Å². The van der Waals surface area contributed by atoms with Crippen molar-refractivity contribution in [1.82, 2.24) is 10.3 Å². The Kier molecular flexibility index (Phi) is 11.8. The van der Waals surface area contributed by atoms with Gasteiger partial charge in [0.15, 0.2) is 0 Å². The van der Waals surface area contributed by atoms with Gasteiger partial charge < -0.3 is 24.2 Å². The van der Waals surface area contributed by atoms with Gasteiger partial charge in [-0.25, -0.2) is 9.37 Å². The van der Waals surface area contributed by atoms with E-state index in [1.165, 1.54) is 12.1 Å². The lowest BCUT2D eigenvalue weighted by atomic mass is 9.96. The third kappa shape index (κ3) is 7.13. The van der Waals surface area contributed by atoms with Gasteiger partial charge in [0.05, 0.1) is 16.8 Å². The van der Waals surface area contributed by atoms with Crippen molar-refractivity contribution in [3.05, 3.63) is 108 Å². The van der Waals surface area contributed by atoms with Crippen molar-refractivity contribution >= 4 is 47.0 Å². The van der Waals surface area contributed by atoms with E-state index in [1.807, 2.05) is 88.9 Å². The molecule has 0 unspecified atom stereocenters. The molecule has 1 amide bonds. The lowest BCUT2D eigenvalue weighted by Crippen LogP contribution is -2.18. The van der Waals surface area contributed by atoms with E-state index in [1.54, 1.807) is 19.2 Å². The van der Waals surface area contributed by atoms with Crippen LogP contribution in [-0.2, 0) is 9.59 Å². The van der Waals surface area contributed by atoms with Crippen LogP contribution in [0.2, 0.25) is 0 Å². The molecule has 0 fully saturated rings. The molecule has 0 aliphatic heterocycles. The van der Waals surface area contributed by atoms with Crippen LogP contribution < -0.4 is 10.2 Å². The van der Waals surface area contributed by atoms with E-state index in [-0.39, 0.29) is 11.7 Å². The first-order valence-corrected chi connectivity index (χ1v) is 14.2. The monoisotopic (exact) mass is 605 g/mol. The van der Waals surface area contributed by atoms with Crippen LogP contribution in [0.3, 0.4) is 0 Å².